The molecule has 134 valence electrons. The zero-order chi connectivity index (χ0) is 17.7. The highest BCUT2D eigenvalue weighted by molar-refractivity contribution is 7.20. The first-order valence-corrected chi connectivity index (χ1v) is 10.1. The third kappa shape index (κ3) is 2.73. The Morgan fingerprint density at radius 1 is 1.23 bits per heavy atom. The number of carbonyl (C=O) groups is 1. The van der Waals surface area contributed by atoms with E-state index in [1.54, 1.807) is 0 Å². The van der Waals surface area contributed by atoms with Crippen molar-refractivity contribution in [2.24, 2.45) is 0 Å². The van der Waals surface area contributed by atoms with E-state index in [9.17, 15) is 4.79 Å². The van der Waals surface area contributed by atoms with Gasteiger partial charge in [-0.05, 0) is 50.8 Å². The van der Waals surface area contributed by atoms with Crippen LogP contribution in [0.5, 0.6) is 0 Å². The Kier molecular flexibility index (Phi) is 3.83. The molecule has 0 spiro atoms. The molecule has 5 rings (SSSR count). The highest BCUT2D eigenvalue weighted by atomic mass is 32.1. The summed E-state index contributed by atoms with van der Waals surface area (Å²) in [5, 5.41) is 12.6. The molecule has 2 bridgehead atoms. The van der Waals surface area contributed by atoms with Gasteiger partial charge in [0.1, 0.15) is 4.83 Å². The number of carbonyl (C=O) groups excluding carboxylic acids is 1. The minimum atomic E-state index is 0.0523. The smallest absolute Gasteiger partial charge is 0.261 e. The first kappa shape index (κ1) is 16.0. The molecule has 26 heavy (non-hydrogen) atoms. The van der Waals surface area contributed by atoms with Crippen molar-refractivity contribution in [3.8, 4) is 5.69 Å². The number of aryl methyl sites for hydroxylation is 1. The number of hydrogen-bond acceptors (Lipinski definition) is 4. The van der Waals surface area contributed by atoms with E-state index in [0.29, 0.717) is 12.1 Å². The van der Waals surface area contributed by atoms with Gasteiger partial charge in [0.15, 0.2) is 0 Å². The lowest BCUT2D eigenvalue weighted by molar-refractivity contribution is 0.0928. The summed E-state index contributed by atoms with van der Waals surface area (Å²) in [7, 11) is 0. The Balaban J connectivity index is 1.42. The number of thiophene rings is 1. The van der Waals surface area contributed by atoms with E-state index >= 15 is 0 Å². The van der Waals surface area contributed by atoms with E-state index in [2.05, 4.69) is 15.7 Å². The third-order valence-corrected chi connectivity index (χ3v) is 6.69. The molecular weight excluding hydrogens is 344 g/mol. The first-order valence-electron chi connectivity index (χ1n) is 9.29. The Morgan fingerprint density at radius 2 is 1.96 bits per heavy atom. The normalized spacial score (nSPS) is 24.9. The molecule has 2 saturated heterocycles. The second-order valence-electron chi connectivity index (χ2n) is 7.44. The zero-order valence-electron chi connectivity index (χ0n) is 14.7. The lowest BCUT2D eigenvalue weighted by Gasteiger charge is -2.29. The van der Waals surface area contributed by atoms with Crippen LogP contribution in [0.15, 0.2) is 36.4 Å². The number of benzene rings is 1. The molecule has 3 aromatic rings. The van der Waals surface area contributed by atoms with Crippen LogP contribution in [0.1, 0.15) is 41.0 Å². The molecule has 2 aromatic heterocycles. The number of nitrogens with one attached hydrogen (secondary N) is 2. The molecule has 5 nitrogen and oxygen atoms in total. The molecular formula is C20H22N4OS. The van der Waals surface area contributed by atoms with Crippen molar-refractivity contribution in [2.45, 2.75) is 50.7 Å². The maximum absolute atomic E-state index is 12.8. The van der Waals surface area contributed by atoms with Crippen LogP contribution in [0.3, 0.4) is 0 Å². The molecule has 1 aromatic carbocycles. The third-order valence-electron chi connectivity index (χ3n) is 5.58. The average molecular weight is 366 g/mol. The maximum atomic E-state index is 12.8. The van der Waals surface area contributed by atoms with Crippen LogP contribution in [0.4, 0.5) is 0 Å². The molecule has 2 aliphatic rings. The van der Waals surface area contributed by atoms with Gasteiger partial charge in [-0.2, -0.15) is 5.10 Å². The van der Waals surface area contributed by atoms with Gasteiger partial charge in [-0.25, -0.2) is 4.68 Å². The molecule has 2 aliphatic heterocycles. The SMILES string of the molecule is Cc1nn(-c2ccccc2)c2sc(C(=O)NC3CC4CCC(C3)N4)cc12. The monoisotopic (exact) mass is 366 g/mol. The van der Waals surface area contributed by atoms with Crippen LogP contribution in [-0.4, -0.2) is 33.8 Å². The van der Waals surface area contributed by atoms with E-state index in [4.69, 9.17) is 0 Å². The fraction of sp³-hybridized carbons (Fsp3) is 0.400. The van der Waals surface area contributed by atoms with Crippen molar-refractivity contribution in [3.05, 3.63) is 47.0 Å². The molecule has 0 radical (unpaired) electrons. The topological polar surface area (TPSA) is 59.0 Å². The summed E-state index contributed by atoms with van der Waals surface area (Å²) in [4.78, 5) is 14.6. The van der Waals surface area contributed by atoms with Crippen molar-refractivity contribution >= 4 is 27.5 Å². The number of nitrogens with zero attached hydrogens (tertiary/aromatic N) is 2. The van der Waals surface area contributed by atoms with Gasteiger partial charge < -0.3 is 10.6 Å². The predicted octanol–water partition coefficient (Wildman–Crippen LogP) is 3.41. The van der Waals surface area contributed by atoms with Gasteiger partial charge in [-0.1, -0.05) is 18.2 Å². The highest BCUT2D eigenvalue weighted by Gasteiger charge is 2.34. The summed E-state index contributed by atoms with van der Waals surface area (Å²) in [6.45, 7) is 2.00. The van der Waals surface area contributed by atoms with E-state index in [1.165, 1.54) is 24.2 Å². The summed E-state index contributed by atoms with van der Waals surface area (Å²) < 4.78 is 1.94. The van der Waals surface area contributed by atoms with E-state index in [-0.39, 0.29) is 11.9 Å². The van der Waals surface area contributed by atoms with E-state index < -0.39 is 0 Å². The molecule has 0 saturated carbocycles. The van der Waals surface area contributed by atoms with Crippen molar-refractivity contribution in [1.29, 1.82) is 0 Å². The maximum Gasteiger partial charge on any atom is 0.261 e. The Hall–Kier alpha value is -2.18. The standard InChI is InChI=1S/C20H22N4OS/c1-12-17-11-18(19(25)22-15-9-13-7-8-14(10-15)21-13)26-20(17)24(23-12)16-5-3-2-4-6-16/h2-6,11,13-15,21H,7-10H2,1H3,(H,22,25). The summed E-state index contributed by atoms with van der Waals surface area (Å²) >= 11 is 1.53. The lowest BCUT2D eigenvalue weighted by atomic mass is 10.00. The van der Waals surface area contributed by atoms with Crippen molar-refractivity contribution in [2.75, 3.05) is 0 Å². The highest BCUT2D eigenvalue weighted by Crippen LogP contribution is 2.31. The van der Waals surface area contributed by atoms with Crippen LogP contribution < -0.4 is 10.6 Å². The van der Waals surface area contributed by atoms with Gasteiger partial charge in [-0.3, -0.25) is 4.79 Å². The fourth-order valence-corrected chi connectivity index (χ4v) is 5.42. The minimum Gasteiger partial charge on any atom is -0.348 e. The van der Waals surface area contributed by atoms with Gasteiger partial charge >= 0.3 is 0 Å². The molecule has 2 N–H and O–H groups in total. The quantitative estimate of drug-likeness (QED) is 0.747. The molecule has 4 heterocycles. The number of hydrogen-bond donors (Lipinski definition) is 2. The largest absolute Gasteiger partial charge is 0.348 e. The predicted molar refractivity (Wildman–Crippen MR) is 104 cm³/mol. The van der Waals surface area contributed by atoms with Gasteiger partial charge in [0.2, 0.25) is 0 Å². The van der Waals surface area contributed by atoms with E-state index in [1.807, 2.05) is 48.0 Å². The molecule has 2 fully saturated rings. The van der Waals surface area contributed by atoms with Crippen LogP contribution in [-0.2, 0) is 0 Å². The lowest BCUT2D eigenvalue weighted by Crippen LogP contribution is -2.47. The molecule has 2 unspecified atom stereocenters. The second-order valence-corrected chi connectivity index (χ2v) is 8.47. The van der Waals surface area contributed by atoms with Gasteiger partial charge in [0.05, 0.1) is 16.3 Å². The van der Waals surface area contributed by atoms with Crippen LogP contribution in [0.2, 0.25) is 0 Å². The molecule has 0 aliphatic carbocycles. The Morgan fingerprint density at radius 3 is 2.69 bits per heavy atom. The molecule has 2 atom stereocenters. The Bertz CT molecular complexity index is 949. The average Bonchev–Trinajstić information content (AvgIpc) is 3.31. The molecule has 6 heteroatoms. The minimum absolute atomic E-state index is 0.0523. The van der Waals surface area contributed by atoms with Gasteiger partial charge in [-0.15, -0.1) is 11.3 Å². The summed E-state index contributed by atoms with van der Waals surface area (Å²) in [5.41, 5.74) is 1.98. The van der Waals surface area contributed by atoms with Crippen molar-refractivity contribution < 1.29 is 4.79 Å². The summed E-state index contributed by atoms with van der Waals surface area (Å²) in [6.07, 6.45) is 4.58. The number of fused-ring (bicyclic) bond motifs is 3. The molecule has 1 amide bonds. The van der Waals surface area contributed by atoms with E-state index in [0.717, 1.165) is 39.3 Å². The Labute approximate surface area is 156 Å². The number of para-hydroxylation sites is 1. The number of piperidine rings is 1. The van der Waals surface area contributed by atoms with Crippen molar-refractivity contribution in [3.63, 3.8) is 0 Å². The number of aromatic nitrogens is 2. The number of rotatable bonds is 3. The van der Waals surface area contributed by atoms with Crippen LogP contribution in [0.25, 0.3) is 15.9 Å². The fourth-order valence-electron chi connectivity index (χ4n) is 4.33. The summed E-state index contributed by atoms with van der Waals surface area (Å²) in [6, 6.07) is 13.5. The first-order chi connectivity index (χ1) is 12.7. The summed E-state index contributed by atoms with van der Waals surface area (Å²) in [5.74, 6) is 0.0523. The second kappa shape index (κ2) is 6.21. The van der Waals surface area contributed by atoms with Crippen LogP contribution >= 0.6 is 11.3 Å². The van der Waals surface area contributed by atoms with Gasteiger partial charge in [0.25, 0.3) is 5.91 Å². The zero-order valence-corrected chi connectivity index (χ0v) is 15.6. The number of amides is 1. The van der Waals surface area contributed by atoms with Crippen LogP contribution in [0, 0.1) is 6.92 Å². The van der Waals surface area contributed by atoms with Gasteiger partial charge in [0, 0.05) is 23.5 Å². The van der Waals surface area contributed by atoms with Crippen molar-refractivity contribution in [1.82, 2.24) is 20.4 Å².